The molecule has 2 aromatic carbocycles. The molecule has 0 unspecified atom stereocenters. The van der Waals surface area contributed by atoms with Crippen molar-refractivity contribution in [3.63, 3.8) is 0 Å². The summed E-state index contributed by atoms with van der Waals surface area (Å²) < 4.78 is 1.77. The van der Waals surface area contributed by atoms with E-state index in [2.05, 4.69) is 82.0 Å². The van der Waals surface area contributed by atoms with Gasteiger partial charge in [0.25, 0.3) is 5.56 Å². The minimum absolute atomic E-state index is 0.0281. The fourth-order valence-corrected chi connectivity index (χ4v) is 4.59. The summed E-state index contributed by atoms with van der Waals surface area (Å²) in [4.78, 5) is 19.8. The third-order valence-electron chi connectivity index (χ3n) is 6.45. The van der Waals surface area contributed by atoms with Crippen molar-refractivity contribution in [2.75, 3.05) is 31.5 Å². The van der Waals surface area contributed by atoms with E-state index in [9.17, 15) is 4.79 Å². The predicted octanol–water partition coefficient (Wildman–Crippen LogP) is 4.40. The molecule has 0 bridgehead atoms. The minimum atomic E-state index is -0.0281. The van der Waals surface area contributed by atoms with E-state index in [1.54, 1.807) is 17.0 Å². The molecule has 2 N–H and O–H groups in total. The van der Waals surface area contributed by atoms with Crippen LogP contribution in [0.4, 0.5) is 5.82 Å². The molecule has 6 nitrogen and oxygen atoms in total. The molecule has 0 spiro atoms. The van der Waals surface area contributed by atoms with Crippen molar-refractivity contribution in [2.24, 2.45) is 0 Å². The highest BCUT2D eigenvalue weighted by Crippen LogP contribution is 2.16. The average Bonchev–Trinajstić information content (AvgIpc) is 2.88. The fraction of sp³-hybridized carbons (Fsp3) is 0.379. The maximum absolute atomic E-state index is 12.9. The zero-order valence-electron chi connectivity index (χ0n) is 20.7. The van der Waals surface area contributed by atoms with E-state index in [4.69, 9.17) is 0 Å². The molecule has 6 heteroatoms. The second-order valence-corrected chi connectivity index (χ2v) is 9.39. The van der Waals surface area contributed by atoms with Crippen molar-refractivity contribution in [3.05, 3.63) is 100 Å². The second-order valence-electron chi connectivity index (χ2n) is 9.39. The molecular weight excluding hydrogens is 434 g/mol. The topological polar surface area (TPSA) is 62.2 Å². The normalized spacial score (nSPS) is 15.3. The predicted molar refractivity (Wildman–Crippen MR) is 144 cm³/mol. The molecule has 0 atom stereocenters. The van der Waals surface area contributed by atoms with E-state index in [1.165, 1.54) is 16.7 Å². The highest BCUT2D eigenvalue weighted by Gasteiger charge is 2.20. The Morgan fingerprint density at radius 2 is 1.77 bits per heavy atom. The van der Waals surface area contributed by atoms with Gasteiger partial charge in [0.2, 0.25) is 0 Å². The van der Waals surface area contributed by atoms with Crippen LogP contribution in [-0.2, 0) is 13.1 Å². The van der Waals surface area contributed by atoms with Crippen molar-refractivity contribution in [3.8, 4) is 0 Å². The lowest BCUT2D eigenvalue weighted by Gasteiger charge is -2.32. The van der Waals surface area contributed by atoms with Crippen LogP contribution in [0.1, 0.15) is 37.3 Å². The smallest absolute Gasteiger partial charge is 0.293 e. The first-order valence-corrected chi connectivity index (χ1v) is 12.7. The monoisotopic (exact) mass is 471 g/mol. The van der Waals surface area contributed by atoms with Crippen LogP contribution in [0.3, 0.4) is 0 Å². The van der Waals surface area contributed by atoms with Crippen molar-refractivity contribution in [1.82, 2.24) is 19.8 Å². The van der Waals surface area contributed by atoms with Gasteiger partial charge < -0.3 is 15.2 Å². The number of hydrogen-bond donors (Lipinski definition) is 2. The van der Waals surface area contributed by atoms with E-state index >= 15 is 0 Å². The van der Waals surface area contributed by atoms with Crippen LogP contribution < -0.4 is 16.2 Å². The van der Waals surface area contributed by atoms with Gasteiger partial charge in [0.05, 0.1) is 0 Å². The lowest BCUT2D eigenvalue weighted by molar-refractivity contribution is 0.236. The molecule has 1 aliphatic rings. The van der Waals surface area contributed by atoms with Crippen LogP contribution in [0.15, 0.2) is 83.4 Å². The molecule has 0 radical (unpaired) electrons. The molecule has 1 aliphatic heterocycles. The number of anilines is 1. The van der Waals surface area contributed by atoms with Gasteiger partial charge in [-0.3, -0.25) is 9.69 Å². The summed E-state index contributed by atoms with van der Waals surface area (Å²) in [5.41, 5.74) is 3.86. The Bertz CT molecular complexity index is 1120. The molecule has 1 saturated heterocycles. The molecule has 184 valence electrons. The lowest BCUT2D eigenvalue weighted by Crippen LogP contribution is -2.41. The van der Waals surface area contributed by atoms with E-state index in [-0.39, 0.29) is 11.6 Å². The average molecular weight is 472 g/mol. The van der Waals surface area contributed by atoms with Crippen LogP contribution in [-0.4, -0.2) is 46.7 Å². The van der Waals surface area contributed by atoms with Gasteiger partial charge in [-0.15, -0.1) is 0 Å². The van der Waals surface area contributed by atoms with Crippen LogP contribution in [0, 0.1) is 0 Å². The van der Waals surface area contributed by atoms with E-state index in [0.29, 0.717) is 12.4 Å². The van der Waals surface area contributed by atoms with Crippen LogP contribution in [0.25, 0.3) is 6.08 Å². The highest BCUT2D eigenvalue weighted by molar-refractivity contribution is 5.52. The molecule has 0 aliphatic carbocycles. The van der Waals surface area contributed by atoms with Gasteiger partial charge in [0.1, 0.15) is 0 Å². The Kier molecular flexibility index (Phi) is 9.26. The molecule has 1 fully saturated rings. The number of rotatable bonds is 11. The first-order valence-electron chi connectivity index (χ1n) is 12.7. The van der Waals surface area contributed by atoms with Crippen molar-refractivity contribution < 1.29 is 0 Å². The molecule has 1 aromatic heterocycles. The number of nitrogens with zero attached hydrogens (tertiary/aromatic N) is 3. The van der Waals surface area contributed by atoms with E-state index in [0.717, 1.165) is 52.0 Å². The van der Waals surface area contributed by atoms with Gasteiger partial charge in [0.15, 0.2) is 5.82 Å². The Morgan fingerprint density at radius 1 is 1.06 bits per heavy atom. The van der Waals surface area contributed by atoms with Crippen molar-refractivity contribution in [2.45, 2.75) is 45.3 Å². The summed E-state index contributed by atoms with van der Waals surface area (Å²) in [5, 5.41) is 6.87. The number of hydrogen-bond acceptors (Lipinski definition) is 5. The van der Waals surface area contributed by atoms with E-state index < -0.39 is 0 Å². The zero-order chi connectivity index (χ0) is 24.3. The zero-order valence-corrected chi connectivity index (χ0v) is 20.7. The second kappa shape index (κ2) is 13.0. The highest BCUT2D eigenvalue weighted by atomic mass is 16.1. The maximum Gasteiger partial charge on any atom is 0.293 e. The van der Waals surface area contributed by atoms with Crippen LogP contribution in [0.5, 0.6) is 0 Å². The molecule has 35 heavy (non-hydrogen) atoms. The first kappa shape index (κ1) is 24.9. The van der Waals surface area contributed by atoms with Gasteiger partial charge in [-0.05, 0) is 43.9 Å². The minimum Gasteiger partial charge on any atom is -0.363 e. The van der Waals surface area contributed by atoms with Crippen LogP contribution >= 0.6 is 0 Å². The Balaban J connectivity index is 1.20. The Hall–Kier alpha value is -3.22. The van der Waals surface area contributed by atoms with Crippen molar-refractivity contribution >= 4 is 11.9 Å². The summed E-state index contributed by atoms with van der Waals surface area (Å²) in [5.74, 6) is 0.475. The third-order valence-corrected chi connectivity index (χ3v) is 6.45. The summed E-state index contributed by atoms with van der Waals surface area (Å²) in [6.07, 6.45) is 8.70. The number of likely N-dealkylation sites (tertiary alicyclic amines) is 1. The quantitative estimate of drug-likeness (QED) is 0.406. The molecule has 3 aromatic rings. The summed E-state index contributed by atoms with van der Waals surface area (Å²) in [6.45, 7) is 7.62. The molecule has 2 heterocycles. The summed E-state index contributed by atoms with van der Waals surface area (Å²) >= 11 is 0. The summed E-state index contributed by atoms with van der Waals surface area (Å²) in [7, 11) is 0. The molecule has 0 saturated carbocycles. The van der Waals surface area contributed by atoms with Crippen molar-refractivity contribution in [1.29, 1.82) is 0 Å². The first-order chi connectivity index (χ1) is 17.2. The van der Waals surface area contributed by atoms with Gasteiger partial charge in [-0.2, -0.15) is 0 Å². The number of aryl methyl sites for hydroxylation is 1. The van der Waals surface area contributed by atoms with Gasteiger partial charge >= 0.3 is 0 Å². The van der Waals surface area contributed by atoms with E-state index in [1.807, 2.05) is 12.1 Å². The van der Waals surface area contributed by atoms with Crippen LogP contribution in [0.2, 0.25) is 0 Å². The van der Waals surface area contributed by atoms with Gasteiger partial charge in [-0.1, -0.05) is 72.3 Å². The number of aromatic nitrogens is 2. The summed E-state index contributed by atoms with van der Waals surface area (Å²) in [6, 6.07) is 21.1. The maximum atomic E-state index is 12.9. The van der Waals surface area contributed by atoms with Gasteiger partial charge in [0, 0.05) is 51.2 Å². The largest absolute Gasteiger partial charge is 0.363 e. The number of nitrogens with one attached hydrogen (secondary N) is 2. The number of piperidine rings is 1. The Labute approximate surface area is 208 Å². The third kappa shape index (κ3) is 7.91. The Morgan fingerprint density at radius 3 is 2.51 bits per heavy atom. The molecule has 4 rings (SSSR count). The molecular formula is C29H37N5O. The SMILES string of the molecule is CC(=Cc1ccccc1)CN1CCC(Nc2nccn(CCCNCc3ccccc3)c2=O)CC1. The lowest BCUT2D eigenvalue weighted by atomic mass is 10.0. The molecule has 0 amide bonds. The fourth-order valence-electron chi connectivity index (χ4n) is 4.59. The standard InChI is InChI=1S/C29H37N5O/c1-24(21-25-9-4-2-5-10-25)23-33-18-13-27(14-19-33)32-28-29(35)34(20-16-31-28)17-8-15-30-22-26-11-6-3-7-12-26/h2-7,9-12,16,20-21,27,30H,8,13-15,17-19,22-23H2,1H3,(H,31,32). The van der Waals surface area contributed by atoms with Gasteiger partial charge in [-0.25, -0.2) is 4.98 Å². The number of benzene rings is 2.